The molecule has 1 aliphatic rings. The van der Waals surface area contributed by atoms with Crippen molar-refractivity contribution in [1.29, 1.82) is 0 Å². The number of nitrogens with zero attached hydrogens (tertiary/aromatic N) is 2. The largest absolute Gasteiger partial charge is 0.366 e. The fraction of sp³-hybridized carbons (Fsp3) is 0.188. The maximum Gasteiger partial charge on any atom is 0.262 e. The van der Waals surface area contributed by atoms with Crippen LogP contribution in [0.5, 0.6) is 0 Å². The Hall–Kier alpha value is -0.840. The number of thioether (sulfide) groups is 1. The molecule has 1 heterocycles. The molecule has 1 N–H and O–H groups in total. The number of rotatable bonds is 3. The van der Waals surface area contributed by atoms with Crippen LogP contribution in [0.1, 0.15) is 5.56 Å². The lowest BCUT2D eigenvalue weighted by atomic mass is 10.0. The Morgan fingerprint density at radius 2 is 1.89 bits per heavy atom. The molecule has 146 valence electrons. The van der Waals surface area contributed by atoms with Crippen molar-refractivity contribution in [2.24, 2.45) is 4.99 Å². The molecule has 0 amide bonds. The quantitative estimate of drug-likeness (QED) is 0.609. The van der Waals surface area contributed by atoms with Crippen molar-refractivity contribution in [1.82, 2.24) is 4.90 Å². The first-order chi connectivity index (χ1) is 12.1. The van der Waals surface area contributed by atoms with E-state index >= 15 is 0 Å². The molecule has 0 saturated carbocycles. The van der Waals surface area contributed by atoms with Gasteiger partial charge in [0.2, 0.25) is 0 Å². The van der Waals surface area contributed by atoms with Crippen molar-refractivity contribution in [3.05, 3.63) is 58.9 Å². The highest BCUT2D eigenvalue weighted by Crippen LogP contribution is 2.40. The van der Waals surface area contributed by atoms with E-state index in [1.165, 1.54) is 59.1 Å². The normalized spacial score (nSPS) is 21.4. The lowest BCUT2D eigenvalue weighted by Gasteiger charge is -2.31. The predicted molar refractivity (Wildman–Crippen MR) is 112 cm³/mol. The number of benzene rings is 2. The van der Waals surface area contributed by atoms with E-state index in [1.54, 1.807) is 7.05 Å². The molecule has 1 aliphatic heterocycles. The van der Waals surface area contributed by atoms with Gasteiger partial charge in [0.1, 0.15) is 10.7 Å². The molecule has 0 spiro atoms. The van der Waals surface area contributed by atoms with E-state index in [-0.39, 0.29) is 38.5 Å². The highest BCUT2D eigenvalue weighted by Gasteiger charge is 2.43. The van der Waals surface area contributed by atoms with Crippen LogP contribution in [-0.2, 0) is 14.8 Å². The van der Waals surface area contributed by atoms with Gasteiger partial charge in [0.05, 0.1) is 16.5 Å². The van der Waals surface area contributed by atoms with Crippen LogP contribution < -0.4 is 0 Å². The third-order valence-electron chi connectivity index (χ3n) is 3.95. The number of aliphatic hydroxyl groups is 1. The van der Waals surface area contributed by atoms with Crippen molar-refractivity contribution < 1.29 is 17.9 Å². The van der Waals surface area contributed by atoms with Gasteiger partial charge >= 0.3 is 0 Å². The monoisotopic (exact) mass is 514 g/mol. The Kier molecular flexibility index (Phi) is 6.87. The van der Waals surface area contributed by atoms with Crippen LogP contribution in [0.25, 0.3) is 0 Å². The summed E-state index contributed by atoms with van der Waals surface area (Å²) in [7, 11) is 2.98. The average Bonchev–Trinajstić information content (AvgIpc) is 2.86. The first-order valence-electron chi connectivity index (χ1n) is 7.29. The van der Waals surface area contributed by atoms with Gasteiger partial charge in [-0.1, -0.05) is 29.4 Å². The summed E-state index contributed by atoms with van der Waals surface area (Å²) < 4.78 is 36.3. The summed E-state index contributed by atoms with van der Waals surface area (Å²) in [6.45, 7) is 0. The fourth-order valence-corrected chi connectivity index (χ4v) is 5.16. The van der Waals surface area contributed by atoms with E-state index < -0.39 is 14.8 Å². The third kappa shape index (κ3) is 4.60. The first-order valence-corrected chi connectivity index (χ1v) is 11.0. The van der Waals surface area contributed by atoms with Gasteiger partial charge in [-0.3, -0.25) is 0 Å². The highest BCUT2D eigenvalue weighted by atomic mass is 79.9. The van der Waals surface area contributed by atoms with Gasteiger partial charge < -0.3 is 10.0 Å². The van der Waals surface area contributed by atoms with E-state index in [9.17, 15) is 17.9 Å². The summed E-state index contributed by atoms with van der Waals surface area (Å²) in [4.78, 5) is 5.65. The molecule has 1 saturated heterocycles. The van der Waals surface area contributed by atoms with Crippen LogP contribution in [-0.4, -0.2) is 36.4 Å². The summed E-state index contributed by atoms with van der Waals surface area (Å²) in [5, 5.41) is 11.6. The van der Waals surface area contributed by atoms with Crippen LogP contribution in [0.3, 0.4) is 0 Å². The Labute approximate surface area is 180 Å². The summed E-state index contributed by atoms with van der Waals surface area (Å²) in [5.74, 6) is -0.152. The van der Waals surface area contributed by atoms with E-state index in [0.717, 1.165) is 0 Å². The molecule has 3 rings (SSSR count). The molecular formula is C16H14BrCl2FN2O3S2. The molecule has 1 atom stereocenters. The molecule has 0 bridgehead atoms. The average molecular weight is 516 g/mol. The molecule has 2 aromatic rings. The minimum absolute atomic E-state index is 0. The van der Waals surface area contributed by atoms with Crippen molar-refractivity contribution >= 4 is 70.9 Å². The lowest BCUT2D eigenvalue weighted by molar-refractivity contribution is -0.0349. The third-order valence-corrected chi connectivity index (χ3v) is 6.93. The molecule has 1 fully saturated rings. The van der Waals surface area contributed by atoms with Crippen molar-refractivity contribution in [3.8, 4) is 0 Å². The van der Waals surface area contributed by atoms with Crippen molar-refractivity contribution in [2.75, 3.05) is 12.8 Å². The minimum atomic E-state index is -4.06. The van der Waals surface area contributed by atoms with Crippen molar-refractivity contribution in [3.63, 3.8) is 0 Å². The van der Waals surface area contributed by atoms with E-state index in [1.807, 2.05) is 0 Å². The number of aliphatic imine (C=N–C) groups is 1. The first kappa shape index (κ1) is 22.4. The van der Waals surface area contributed by atoms with Gasteiger partial charge in [-0.05, 0) is 36.4 Å². The zero-order valence-electron chi connectivity index (χ0n) is 13.8. The SMILES string of the molecule is Br.CN1/C(=N\c2ccc(F)cc2)SCC1(O)c1ccc(Cl)c(S(=O)(=O)Cl)c1. The van der Waals surface area contributed by atoms with Gasteiger partial charge in [0.25, 0.3) is 9.05 Å². The van der Waals surface area contributed by atoms with Gasteiger partial charge in [-0.15, -0.1) is 17.0 Å². The molecule has 0 aromatic heterocycles. The lowest BCUT2D eigenvalue weighted by Crippen LogP contribution is -2.42. The zero-order valence-corrected chi connectivity index (χ0v) is 18.6. The predicted octanol–water partition coefficient (Wildman–Crippen LogP) is 4.50. The molecule has 5 nitrogen and oxygen atoms in total. The minimum Gasteiger partial charge on any atom is -0.366 e. The van der Waals surface area contributed by atoms with Crippen LogP contribution in [0, 0.1) is 5.82 Å². The smallest absolute Gasteiger partial charge is 0.262 e. The Morgan fingerprint density at radius 1 is 1.26 bits per heavy atom. The maximum atomic E-state index is 13.0. The molecule has 2 aromatic carbocycles. The number of amidine groups is 1. The zero-order chi connectivity index (χ0) is 19.1. The second kappa shape index (κ2) is 8.26. The van der Waals surface area contributed by atoms with Crippen LogP contribution in [0.2, 0.25) is 5.02 Å². The van der Waals surface area contributed by atoms with E-state index in [2.05, 4.69) is 4.99 Å². The van der Waals surface area contributed by atoms with Gasteiger partial charge in [-0.2, -0.15) is 0 Å². The standard InChI is InChI=1S/C16H13Cl2FN2O3S2.BrH/c1-21-15(20-12-5-3-11(19)4-6-12)25-9-16(21,22)10-2-7-13(17)14(8-10)26(18,23)24;/h2-8,22H,9H2,1H3;1H/b20-15+;. The number of hydrogen-bond acceptors (Lipinski definition) is 5. The van der Waals surface area contributed by atoms with Crippen LogP contribution >= 0.6 is 51.0 Å². The van der Waals surface area contributed by atoms with E-state index in [4.69, 9.17) is 22.3 Å². The second-order valence-corrected chi connectivity index (χ2v) is 9.50. The Balaban J connectivity index is 0.00000261. The fourth-order valence-electron chi connectivity index (χ4n) is 2.47. The van der Waals surface area contributed by atoms with Gasteiger partial charge in [0.15, 0.2) is 10.9 Å². The van der Waals surface area contributed by atoms with E-state index in [0.29, 0.717) is 16.4 Å². The topological polar surface area (TPSA) is 70.0 Å². The summed E-state index contributed by atoms with van der Waals surface area (Å²) >= 11 is 7.19. The molecule has 27 heavy (non-hydrogen) atoms. The highest BCUT2D eigenvalue weighted by molar-refractivity contribution is 8.93. The molecule has 11 heteroatoms. The summed E-state index contributed by atoms with van der Waals surface area (Å²) in [6.07, 6.45) is 0. The molecule has 0 aliphatic carbocycles. The number of halogens is 4. The summed E-state index contributed by atoms with van der Waals surface area (Å²) in [5.41, 5.74) is -0.643. The summed E-state index contributed by atoms with van der Waals surface area (Å²) in [6, 6.07) is 9.79. The number of hydrogen-bond donors (Lipinski definition) is 1. The Morgan fingerprint density at radius 3 is 2.48 bits per heavy atom. The molecule has 1 unspecified atom stereocenters. The van der Waals surface area contributed by atoms with Crippen LogP contribution in [0.4, 0.5) is 10.1 Å². The second-order valence-electron chi connectivity index (χ2n) is 5.62. The maximum absolute atomic E-state index is 13.0. The van der Waals surface area contributed by atoms with Crippen molar-refractivity contribution in [2.45, 2.75) is 10.6 Å². The molecular weight excluding hydrogens is 502 g/mol. The van der Waals surface area contributed by atoms with Gasteiger partial charge in [-0.25, -0.2) is 17.8 Å². The Bertz CT molecular complexity index is 990. The molecule has 0 radical (unpaired) electrons. The van der Waals surface area contributed by atoms with Crippen LogP contribution in [0.15, 0.2) is 52.4 Å². The van der Waals surface area contributed by atoms with Gasteiger partial charge in [0, 0.05) is 23.3 Å².